The van der Waals surface area contributed by atoms with Crippen LogP contribution in [0, 0.1) is 0 Å². The molecule has 0 atom stereocenters. The second-order valence-electron chi connectivity index (χ2n) is 8.46. The number of hydrazone groups is 2. The van der Waals surface area contributed by atoms with Gasteiger partial charge in [-0.25, -0.2) is 4.98 Å². The summed E-state index contributed by atoms with van der Waals surface area (Å²) in [6.07, 6.45) is -1.89. The number of fused-ring (bicyclic) bond motifs is 1. The summed E-state index contributed by atoms with van der Waals surface area (Å²) in [5, 5.41) is 13.5. The lowest BCUT2D eigenvalue weighted by Crippen LogP contribution is -2.23. The van der Waals surface area contributed by atoms with E-state index in [-0.39, 0.29) is 5.76 Å². The van der Waals surface area contributed by atoms with Gasteiger partial charge in [0, 0.05) is 44.4 Å². The molecule has 0 aliphatic carbocycles. The Morgan fingerprint density at radius 3 is 2.65 bits per heavy atom. The van der Waals surface area contributed by atoms with E-state index >= 15 is 0 Å². The van der Waals surface area contributed by atoms with E-state index < -0.39 is 12.3 Å². The third-order valence-electron chi connectivity index (χ3n) is 5.92. The molecule has 2 N–H and O–H groups in total. The number of nitrogens with zero attached hydrogens (tertiary/aromatic N) is 5. The van der Waals surface area contributed by atoms with Gasteiger partial charge in [-0.05, 0) is 24.1 Å². The Morgan fingerprint density at radius 1 is 1.19 bits per heavy atom. The van der Waals surface area contributed by atoms with Crippen LogP contribution in [0.15, 0.2) is 70.3 Å². The van der Waals surface area contributed by atoms with Gasteiger partial charge in [0.1, 0.15) is 11.6 Å². The molecule has 2 aromatic carbocycles. The first kappa shape index (κ1) is 25.9. The van der Waals surface area contributed by atoms with Gasteiger partial charge in [0.25, 0.3) is 5.90 Å². The minimum atomic E-state index is -2.81. The van der Waals surface area contributed by atoms with Crippen LogP contribution in [0.2, 0.25) is 0 Å². The van der Waals surface area contributed by atoms with Gasteiger partial charge in [0.05, 0.1) is 23.6 Å². The van der Waals surface area contributed by atoms with Crippen molar-refractivity contribution in [3.05, 3.63) is 83.2 Å². The third-order valence-corrected chi connectivity index (χ3v) is 5.92. The Bertz CT molecular complexity index is 1310. The summed E-state index contributed by atoms with van der Waals surface area (Å²) in [6, 6.07) is 15.2. The van der Waals surface area contributed by atoms with E-state index in [0.29, 0.717) is 12.1 Å². The van der Waals surface area contributed by atoms with Crippen LogP contribution in [0.3, 0.4) is 0 Å². The van der Waals surface area contributed by atoms with E-state index in [4.69, 9.17) is 9.72 Å². The predicted molar refractivity (Wildman–Crippen MR) is 143 cm³/mol. The molecule has 0 bridgehead atoms. The molecule has 192 valence electrons. The van der Waals surface area contributed by atoms with Gasteiger partial charge in [0.2, 0.25) is 0 Å². The first-order valence-electron chi connectivity index (χ1n) is 11.8. The van der Waals surface area contributed by atoms with Gasteiger partial charge in [-0.3, -0.25) is 4.99 Å². The molecule has 0 radical (unpaired) electrons. The molecule has 8 nitrogen and oxygen atoms in total. The van der Waals surface area contributed by atoms with Gasteiger partial charge >= 0.3 is 6.43 Å². The number of benzene rings is 2. The number of halogens is 2. The predicted octanol–water partition coefficient (Wildman–Crippen LogP) is 4.84. The number of imidazole rings is 1. The zero-order chi connectivity index (χ0) is 26.4. The van der Waals surface area contributed by atoms with Crippen molar-refractivity contribution < 1.29 is 13.5 Å². The van der Waals surface area contributed by atoms with E-state index in [2.05, 4.69) is 38.8 Å². The number of rotatable bonds is 9. The summed E-state index contributed by atoms with van der Waals surface area (Å²) in [7, 11) is 1.24. The van der Waals surface area contributed by atoms with Crippen molar-refractivity contribution in [2.75, 3.05) is 13.6 Å². The monoisotopic (exact) mass is 505 g/mol. The highest BCUT2D eigenvalue weighted by atomic mass is 19.3. The normalized spacial score (nSPS) is 13.9. The summed E-state index contributed by atoms with van der Waals surface area (Å²) in [6.45, 7) is 11.4. The van der Waals surface area contributed by atoms with Crippen molar-refractivity contribution in [3.63, 3.8) is 0 Å². The molecule has 37 heavy (non-hydrogen) atoms. The fraction of sp³-hybridized carbons (Fsp3) is 0.259. The summed E-state index contributed by atoms with van der Waals surface area (Å²) >= 11 is 0. The molecule has 4 rings (SSSR count). The molecule has 0 saturated carbocycles. The molecular formula is C27H29F2N7O. The molecule has 1 aliphatic heterocycles. The lowest BCUT2D eigenvalue weighted by atomic mass is 10.1. The molecule has 0 amide bonds. The van der Waals surface area contributed by atoms with Crippen LogP contribution in [0.4, 0.5) is 8.78 Å². The highest BCUT2D eigenvalue weighted by Crippen LogP contribution is 2.22. The number of alkyl halides is 2. The van der Waals surface area contributed by atoms with Crippen LogP contribution in [-0.2, 0) is 24.2 Å². The Morgan fingerprint density at radius 2 is 1.97 bits per heavy atom. The Balaban J connectivity index is 1.45. The smallest absolute Gasteiger partial charge is 0.312 e. The van der Waals surface area contributed by atoms with Crippen LogP contribution in [0.25, 0.3) is 17.1 Å². The van der Waals surface area contributed by atoms with Gasteiger partial charge in [-0.15, -0.1) is 0 Å². The topological polar surface area (TPSA) is 90.3 Å². The third kappa shape index (κ3) is 6.34. The Kier molecular flexibility index (Phi) is 8.19. The zero-order valence-corrected chi connectivity index (χ0v) is 20.8. The maximum atomic E-state index is 12.9. The average Bonchev–Trinajstić information content (AvgIpc) is 3.36. The molecule has 1 aromatic heterocycles. The van der Waals surface area contributed by atoms with Crippen molar-refractivity contribution in [3.8, 4) is 11.4 Å². The van der Waals surface area contributed by atoms with Gasteiger partial charge in [-0.1, -0.05) is 49.0 Å². The van der Waals surface area contributed by atoms with Crippen LogP contribution < -0.4 is 5.32 Å². The number of hydrogen-bond acceptors (Lipinski definition) is 7. The molecule has 0 saturated heterocycles. The maximum absolute atomic E-state index is 12.9. The highest BCUT2D eigenvalue weighted by Gasteiger charge is 2.17. The van der Waals surface area contributed by atoms with Crippen molar-refractivity contribution >= 4 is 24.1 Å². The fourth-order valence-electron chi connectivity index (χ4n) is 3.93. The van der Waals surface area contributed by atoms with E-state index in [1.807, 2.05) is 43.3 Å². The minimum absolute atomic E-state index is 0.0913. The minimum Gasteiger partial charge on any atom is -0.438 e. The summed E-state index contributed by atoms with van der Waals surface area (Å²) in [5.74, 6) is 0.265. The highest BCUT2D eigenvalue weighted by molar-refractivity contribution is 5.99. The Hall–Kier alpha value is -4.18. The van der Waals surface area contributed by atoms with Crippen molar-refractivity contribution in [1.82, 2.24) is 20.4 Å². The van der Waals surface area contributed by atoms with Crippen LogP contribution in [0.5, 0.6) is 0 Å². The molecule has 0 spiro atoms. The number of H-pyrrole nitrogens is 1. The standard InChI is InChI=1S/C27H29F2N7O/c1-17(21-6-5-7-22(14-21)26-33-23-12-13-32-15-24(23)34-26)35-36(31-4)16-19-8-10-20(11-9-19)18(2)37-27(30-3)25(28)29/h5-11,14,25,32H,2,4,12-13,15-16H2,1,3H3,(H,33,34)/b30-27?,35-17+. The van der Waals surface area contributed by atoms with Gasteiger partial charge in [0.15, 0.2) is 0 Å². The van der Waals surface area contributed by atoms with E-state index in [1.165, 1.54) is 12.2 Å². The molecule has 1 aliphatic rings. The van der Waals surface area contributed by atoms with Gasteiger partial charge in [-0.2, -0.15) is 24.1 Å². The van der Waals surface area contributed by atoms with E-state index in [9.17, 15) is 8.78 Å². The number of aliphatic imine (C=N–C) groups is 1. The van der Waals surface area contributed by atoms with Crippen LogP contribution in [-0.4, -0.2) is 53.4 Å². The maximum Gasteiger partial charge on any atom is 0.312 e. The SMILES string of the molecule is C=NN(Cc1ccc(C(=C)OC(=NC)C(F)F)cc1)/N=C(\C)c1cccc(-c2nc3c([nH]2)CNCC3)c1. The second-order valence-corrected chi connectivity index (χ2v) is 8.46. The van der Waals surface area contributed by atoms with E-state index in [0.717, 1.165) is 59.1 Å². The van der Waals surface area contributed by atoms with Gasteiger partial charge < -0.3 is 15.0 Å². The molecular weight excluding hydrogens is 476 g/mol. The van der Waals surface area contributed by atoms with Crippen molar-refractivity contribution in [2.45, 2.75) is 32.9 Å². The largest absolute Gasteiger partial charge is 0.438 e. The fourth-order valence-corrected chi connectivity index (χ4v) is 3.93. The molecule has 3 aromatic rings. The first-order chi connectivity index (χ1) is 17.9. The number of hydrogen-bond donors (Lipinski definition) is 2. The number of nitrogens with one attached hydrogen (secondary N) is 2. The van der Waals surface area contributed by atoms with Crippen LogP contribution in [0.1, 0.15) is 35.0 Å². The quantitative estimate of drug-likeness (QED) is 0.188. The number of aromatic amines is 1. The molecule has 0 fully saturated rings. The number of ether oxygens (including phenoxy) is 1. The van der Waals surface area contributed by atoms with E-state index in [1.54, 1.807) is 12.1 Å². The number of aromatic nitrogens is 2. The molecule has 0 unspecified atom stereocenters. The van der Waals surface area contributed by atoms with Crippen molar-refractivity contribution in [1.29, 1.82) is 0 Å². The van der Waals surface area contributed by atoms with Crippen LogP contribution >= 0.6 is 0 Å². The van der Waals surface area contributed by atoms with Crippen molar-refractivity contribution in [2.24, 2.45) is 15.2 Å². The zero-order valence-electron chi connectivity index (χ0n) is 20.8. The summed E-state index contributed by atoms with van der Waals surface area (Å²) in [4.78, 5) is 11.6. The Labute approximate surface area is 214 Å². The summed E-state index contributed by atoms with van der Waals surface area (Å²) < 4.78 is 30.8. The second kappa shape index (κ2) is 11.7. The lowest BCUT2D eigenvalue weighted by Gasteiger charge is -2.15. The molecule has 10 heteroatoms. The first-order valence-corrected chi connectivity index (χ1v) is 11.8. The lowest BCUT2D eigenvalue weighted by molar-refractivity contribution is 0.196. The summed E-state index contributed by atoms with van der Waals surface area (Å²) in [5.41, 5.74) is 6.39. The average molecular weight is 506 g/mol. The molecule has 2 heterocycles.